The maximum Gasteiger partial charge on any atom is 0.133 e. The fourth-order valence-corrected chi connectivity index (χ4v) is 2.31. The van der Waals surface area contributed by atoms with Crippen LogP contribution in [0.4, 0.5) is 5.82 Å². The van der Waals surface area contributed by atoms with Crippen LogP contribution in [0, 0.1) is 10.6 Å². The van der Waals surface area contributed by atoms with Gasteiger partial charge in [0.15, 0.2) is 0 Å². The molecule has 0 amide bonds. The minimum Gasteiger partial charge on any atom is -0.391 e. The van der Waals surface area contributed by atoms with Crippen molar-refractivity contribution in [3.8, 4) is 0 Å². The monoisotopic (exact) mass is 349 g/mol. The molecule has 0 spiro atoms. The Morgan fingerprint density at radius 1 is 1.59 bits per heavy atom. The van der Waals surface area contributed by atoms with E-state index in [0.29, 0.717) is 6.61 Å². The summed E-state index contributed by atoms with van der Waals surface area (Å²) < 4.78 is 6.47. The lowest BCUT2D eigenvalue weighted by atomic mass is 10.1. The van der Waals surface area contributed by atoms with E-state index in [1.165, 1.54) is 0 Å². The van der Waals surface area contributed by atoms with Crippen molar-refractivity contribution in [1.29, 1.82) is 0 Å². The standard InChI is InChI=1S/C11H16IN3O2/c1-7(16)6-17-9-4-15(5-9)11-3-10(12)13-8(2)14-11/h3,7,9,16H,4-6H2,1-2H3. The van der Waals surface area contributed by atoms with Crippen LogP contribution < -0.4 is 4.90 Å². The highest BCUT2D eigenvalue weighted by Crippen LogP contribution is 2.21. The van der Waals surface area contributed by atoms with Crippen molar-refractivity contribution < 1.29 is 9.84 Å². The number of aliphatic hydroxyl groups excluding tert-OH is 1. The molecule has 0 saturated carbocycles. The van der Waals surface area contributed by atoms with Crippen LogP contribution in [-0.2, 0) is 4.74 Å². The van der Waals surface area contributed by atoms with Gasteiger partial charge >= 0.3 is 0 Å². The summed E-state index contributed by atoms with van der Waals surface area (Å²) >= 11 is 2.19. The van der Waals surface area contributed by atoms with E-state index in [1.54, 1.807) is 6.92 Å². The molecular weight excluding hydrogens is 333 g/mol. The van der Waals surface area contributed by atoms with E-state index in [2.05, 4.69) is 37.5 Å². The van der Waals surface area contributed by atoms with Gasteiger partial charge < -0.3 is 14.7 Å². The molecule has 5 nitrogen and oxygen atoms in total. The fourth-order valence-electron chi connectivity index (χ4n) is 1.68. The second-order valence-electron chi connectivity index (χ2n) is 4.31. The predicted molar refractivity (Wildman–Crippen MR) is 73.1 cm³/mol. The van der Waals surface area contributed by atoms with Gasteiger partial charge in [-0.3, -0.25) is 0 Å². The maximum absolute atomic E-state index is 9.12. The Labute approximate surface area is 114 Å². The van der Waals surface area contributed by atoms with Crippen molar-refractivity contribution in [2.45, 2.75) is 26.1 Å². The number of aliphatic hydroxyl groups is 1. The van der Waals surface area contributed by atoms with Crippen molar-refractivity contribution in [2.24, 2.45) is 0 Å². The maximum atomic E-state index is 9.12. The van der Waals surface area contributed by atoms with Crippen LogP contribution in [0.15, 0.2) is 6.07 Å². The molecule has 0 radical (unpaired) electrons. The Balaban J connectivity index is 1.86. The molecule has 17 heavy (non-hydrogen) atoms. The quantitative estimate of drug-likeness (QED) is 0.649. The van der Waals surface area contributed by atoms with E-state index in [1.807, 2.05) is 13.0 Å². The Hall–Kier alpha value is -0.470. The number of halogens is 1. The largest absolute Gasteiger partial charge is 0.391 e. The van der Waals surface area contributed by atoms with Crippen LogP contribution in [0.5, 0.6) is 0 Å². The lowest BCUT2D eigenvalue weighted by Crippen LogP contribution is -2.53. The van der Waals surface area contributed by atoms with Crippen molar-refractivity contribution in [2.75, 3.05) is 24.6 Å². The van der Waals surface area contributed by atoms with Crippen LogP contribution in [0.1, 0.15) is 12.7 Å². The predicted octanol–water partition coefficient (Wildman–Crippen LogP) is 0.976. The lowest BCUT2D eigenvalue weighted by molar-refractivity contribution is -0.0145. The Morgan fingerprint density at radius 3 is 2.88 bits per heavy atom. The molecule has 1 aromatic rings. The van der Waals surface area contributed by atoms with Crippen molar-refractivity contribution in [1.82, 2.24) is 9.97 Å². The van der Waals surface area contributed by atoms with Gasteiger partial charge in [0, 0.05) is 19.2 Å². The Kier molecular flexibility index (Phi) is 4.16. The fraction of sp³-hybridized carbons (Fsp3) is 0.636. The zero-order chi connectivity index (χ0) is 12.4. The number of hydrogen-bond donors (Lipinski definition) is 1. The summed E-state index contributed by atoms with van der Waals surface area (Å²) in [6.45, 7) is 5.69. The Morgan fingerprint density at radius 2 is 2.29 bits per heavy atom. The van der Waals surface area contributed by atoms with E-state index in [9.17, 15) is 0 Å². The third kappa shape index (κ3) is 3.49. The first-order chi connectivity index (χ1) is 8.04. The highest BCUT2D eigenvalue weighted by atomic mass is 127. The van der Waals surface area contributed by atoms with Gasteiger partial charge in [0.1, 0.15) is 15.3 Å². The number of ether oxygens (including phenoxy) is 1. The molecule has 94 valence electrons. The van der Waals surface area contributed by atoms with Crippen LogP contribution in [0.25, 0.3) is 0 Å². The van der Waals surface area contributed by atoms with Crippen LogP contribution in [0.2, 0.25) is 0 Å². The first kappa shape index (κ1) is 13.0. The first-order valence-corrected chi connectivity index (χ1v) is 6.68. The van der Waals surface area contributed by atoms with Gasteiger partial charge in [0.25, 0.3) is 0 Å². The second kappa shape index (κ2) is 5.45. The summed E-state index contributed by atoms with van der Waals surface area (Å²) in [6, 6.07) is 1.97. The van der Waals surface area contributed by atoms with Crippen molar-refractivity contribution in [3.63, 3.8) is 0 Å². The van der Waals surface area contributed by atoms with Gasteiger partial charge in [0.05, 0.1) is 18.8 Å². The molecule has 0 aliphatic carbocycles. The molecule has 2 rings (SSSR count). The molecule has 1 aromatic heterocycles. The topological polar surface area (TPSA) is 58.5 Å². The minimum atomic E-state index is -0.397. The van der Waals surface area contributed by atoms with Gasteiger partial charge in [0.2, 0.25) is 0 Å². The van der Waals surface area contributed by atoms with E-state index in [4.69, 9.17) is 9.84 Å². The molecule has 1 fully saturated rings. The number of rotatable bonds is 4. The van der Waals surface area contributed by atoms with Crippen molar-refractivity contribution >= 4 is 28.4 Å². The summed E-state index contributed by atoms with van der Waals surface area (Å²) in [4.78, 5) is 10.8. The molecule has 1 saturated heterocycles. The van der Waals surface area contributed by atoms with Crippen LogP contribution in [0.3, 0.4) is 0 Å². The van der Waals surface area contributed by atoms with Crippen LogP contribution >= 0.6 is 22.6 Å². The van der Waals surface area contributed by atoms with E-state index in [-0.39, 0.29) is 6.10 Å². The van der Waals surface area contributed by atoms with Gasteiger partial charge in [-0.15, -0.1) is 0 Å². The molecule has 2 heterocycles. The van der Waals surface area contributed by atoms with Gasteiger partial charge in [-0.25, -0.2) is 9.97 Å². The molecule has 1 unspecified atom stereocenters. The average Bonchev–Trinajstić information content (AvgIpc) is 2.12. The number of aromatic nitrogens is 2. The summed E-state index contributed by atoms with van der Waals surface area (Å²) in [6.07, 6.45) is -0.191. The molecule has 1 aliphatic heterocycles. The highest BCUT2D eigenvalue weighted by molar-refractivity contribution is 14.1. The molecule has 1 aliphatic rings. The average molecular weight is 349 g/mol. The normalized spacial score (nSPS) is 18.0. The molecule has 1 atom stereocenters. The third-order valence-corrected chi connectivity index (χ3v) is 3.09. The lowest BCUT2D eigenvalue weighted by Gasteiger charge is -2.40. The highest BCUT2D eigenvalue weighted by Gasteiger charge is 2.29. The van der Waals surface area contributed by atoms with Crippen LogP contribution in [-0.4, -0.2) is 47.0 Å². The second-order valence-corrected chi connectivity index (χ2v) is 5.41. The molecule has 1 N–H and O–H groups in total. The number of aryl methyl sites for hydroxylation is 1. The van der Waals surface area contributed by atoms with E-state index < -0.39 is 6.10 Å². The van der Waals surface area contributed by atoms with Gasteiger partial charge in [-0.2, -0.15) is 0 Å². The van der Waals surface area contributed by atoms with E-state index in [0.717, 1.165) is 28.4 Å². The number of nitrogens with zero attached hydrogens (tertiary/aromatic N) is 3. The summed E-state index contributed by atoms with van der Waals surface area (Å²) in [5.41, 5.74) is 0. The number of hydrogen-bond acceptors (Lipinski definition) is 5. The smallest absolute Gasteiger partial charge is 0.133 e. The third-order valence-electron chi connectivity index (χ3n) is 2.54. The zero-order valence-corrected chi connectivity index (χ0v) is 12.1. The SMILES string of the molecule is Cc1nc(I)cc(N2CC(OCC(C)O)C2)n1. The molecule has 0 bridgehead atoms. The number of anilines is 1. The zero-order valence-electron chi connectivity index (χ0n) is 9.93. The summed E-state index contributed by atoms with van der Waals surface area (Å²) in [5, 5.41) is 9.12. The molecular formula is C11H16IN3O2. The van der Waals surface area contributed by atoms with E-state index >= 15 is 0 Å². The Bertz CT molecular complexity index is 374. The summed E-state index contributed by atoms with van der Waals surface area (Å²) in [7, 11) is 0. The first-order valence-electron chi connectivity index (χ1n) is 5.60. The van der Waals surface area contributed by atoms with Gasteiger partial charge in [-0.1, -0.05) is 0 Å². The molecule has 6 heteroatoms. The summed E-state index contributed by atoms with van der Waals surface area (Å²) in [5.74, 6) is 1.75. The minimum absolute atomic E-state index is 0.206. The van der Waals surface area contributed by atoms with Crippen molar-refractivity contribution in [3.05, 3.63) is 15.6 Å². The molecule has 0 aromatic carbocycles. The van der Waals surface area contributed by atoms with Gasteiger partial charge in [-0.05, 0) is 36.4 Å².